The van der Waals surface area contributed by atoms with E-state index in [2.05, 4.69) is 78.0 Å². The Kier molecular flexibility index (Phi) is 5.73. The molecule has 0 aliphatic carbocycles. The molecule has 2 aromatic rings. The first kappa shape index (κ1) is 14.9. The highest BCUT2D eigenvalue weighted by Crippen LogP contribution is 2.20. The van der Waals surface area contributed by atoms with Crippen LogP contribution in [0.1, 0.15) is 11.1 Å². The summed E-state index contributed by atoms with van der Waals surface area (Å²) in [5.74, 6) is 0.731. The van der Waals surface area contributed by atoms with Crippen LogP contribution >= 0.6 is 34.4 Å². The third-order valence-electron chi connectivity index (χ3n) is 2.85. The Bertz CT molecular complexity index is 507. The van der Waals surface area contributed by atoms with Crippen LogP contribution in [-0.2, 0) is 6.42 Å². The van der Waals surface area contributed by atoms with Crippen LogP contribution in [0.3, 0.4) is 0 Å². The fraction of sp³-hybridized carbons (Fsp3) is 0.250. The third-order valence-corrected chi connectivity index (χ3v) is 4.72. The van der Waals surface area contributed by atoms with E-state index in [4.69, 9.17) is 0 Å². The molecule has 1 nitrogen and oxygen atoms in total. The van der Waals surface area contributed by atoms with Crippen LogP contribution < -0.4 is 0 Å². The molecular formula is C16H17IOS. The Morgan fingerprint density at radius 1 is 1.05 bits per heavy atom. The minimum atomic E-state index is -0.300. The van der Waals surface area contributed by atoms with E-state index in [1.165, 1.54) is 19.6 Å². The number of aliphatic hydroxyl groups is 1. The van der Waals surface area contributed by atoms with Crippen molar-refractivity contribution in [2.45, 2.75) is 24.3 Å². The third kappa shape index (κ3) is 5.16. The highest BCUT2D eigenvalue weighted by molar-refractivity contribution is 14.1. The lowest BCUT2D eigenvalue weighted by atomic mass is 10.1. The van der Waals surface area contributed by atoms with E-state index in [0.29, 0.717) is 0 Å². The van der Waals surface area contributed by atoms with E-state index < -0.39 is 0 Å². The number of hydrogen-bond donors (Lipinski definition) is 1. The van der Waals surface area contributed by atoms with Crippen LogP contribution in [0.15, 0.2) is 53.4 Å². The maximum Gasteiger partial charge on any atom is 0.0674 e. The van der Waals surface area contributed by atoms with Crippen molar-refractivity contribution in [1.82, 2.24) is 0 Å². The number of aliphatic hydroxyl groups excluding tert-OH is 1. The van der Waals surface area contributed by atoms with Crippen molar-refractivity contribution in [2.75, 3.05) is 5.75 Å². The quantitative estimate of drug-likeness (QED) is 0.613. The molecule has 100 valence electrons. The van der Waals surface area contributed by atoms with Crippen molar-refractivity contribution in [1.29, 1.82) is 0 Å². The predicted molar refractivity (Wildman–Crippen MR) is 90.8 cm³/mol. The van der Waals surface area contributed by atoms with Gasteiger partial charge in [0.2, 0.25) is 0 Å². The lowest BCUT2D eigenvalue weighted by Gasteiger charge is -2.10. The second-order valence-corrected chi connectivity index (χ2v) is 6.95. The zero-order valence-corrected chi connectivity index (χ0v) is 13.8. The number of thioether (sulfide) groups is 1. The standard InChI is InChI=1S/C16H17IOS/c1-12-2-8-16(9-3-12)19-11-15(18)10-13-4-6-14(17)7-5-13/h2-9,15,18H,10-11H2,1H3. The number of rotatable bonds is 5. The smallest absolute Gasteiger partial charge is 0.0674 e. The summed E-state index contributed by atoms with van der Waals surface area (Å²) in [6.45, 7) is 2.08. The molecule has 1 unspecified atom stereocenters. The topological polar surface area (TPSA) is 20.2 Å². The molecule has 2 rings (SSSR count). The highest BCUT2D eigenvalue weighted by Gasteiger charge is 2.06. The van der Waals surface area contributed by atoms with Crippen LogP contribution in [0.25, 0.3) is 0 Å². The summed E-state index contributed by atoms with van der Waals surface area (Å²) >= 11 is 4.00. The first-order valence-electron chi connectivity index (χ1n) is 6.25. The van der Waals surface area contributed by atoms with Gasteiger partial charge in [-0.3, -0.25) is 0 Å². The maximum absolute atomic E-state index is 10.1. The van der Waals surface area contributed by atoms with Crippen molar-refractivity contribution in [3.05, 3.63) is 63.2 Å². The van der Waals surface area contributed by atoms with Crippen molar-refractivity contribution in [2.24, 2.45) is 0 Å². The molecular weight excluding hydrogens is 367 g/mol. The molecule has 0 aliphatic heterocycles. The summed E-state index contributed by atoms with van der Waals surface area (Å²) in [5, 5.41) is 10.1. The number of benzene rings is 2. The normalized spacial score (nSPS) is 12.4. The Morgan fingerprint density at radius 2 is 1.68 bits per heavy atom. The fourth-order valence-electron chi connectivity index (χ4n) is 1.78. The fourth-order valence-corrected chi connectivity index (χ4v) is 2.97. The maximum atomic E-state index is 10.1. The van der Waals surface area contributed by atoms with Gasteiger partial charge in [-0.15, -0.1) is 11.8 Å². The largest absolute Gasteiger partial charge is 0.392 e. The molecule has 1 N–H and O–H groups in total. The van der Waals surface area contributed by atoms with E-state index in [1.807, 2.05) is 0 Å². The molecule has 1 atom stereocenters. The van der Waals surface area contributed by atoms with Gasteiger partial charge in [0, 0.05) is 14.2 Å². The van der Waals surface area contributed by atoms with E-state index in [0.717, 1.165) is 12.2 Å². The van der Waals surface area contributed by atoms with Gasteiger partial charge in [0.15, 0.2) is 0 Å². The second kappa shape index (κ2) is 7.31. The summed E-state index contributed by atoms with van der Waals surface area (Å²) in [6, 6.07) is 16.8. The first-order chi connectivity index (χ1) is 9.13. The second-order valence-electron chi connectivity index (χ2n) is 4.61. The molecule has 0 aliphatic rings. The molecule has 0 saturated carbocycles. The molecule has 2 aromatic carbocycles. The van der Waals surface area contributed by atoms with Gasteiger partial charge in [-0.1, -0.05) is 29.8 Å². The highest BCUT2D eigenvalue weighted by atomic mass is 127. The molecule has 0 fully saturated rings. The van der Waals surface area contributed by atoms with Crippen molar-refractivity contribution >= 4 is 34.4 Å². The van der Waals surface area contributed by atoms with Gasteiger partial charge >= 0.3 is 0 Å². The van der Waals surface area contributed by atoms with Gasteiger partial charge in [-0.05, 0) is 65.8 Å². The molecule has 0 bridgehead atoms. The summed E-state index contributed by atoms with van der Waals surface area (Å²) in [5.41, 5.74) is 2.46. The minimum Gasteiger partial charge on any atom is -0.392 e. The molecule has 19 heavy (non-hydrogen) atoms. The van der Waals surface area contributed by atoms with Gasteiger partial charge in [0.1, 0.15) is 0 Å². The van der Waals surface area contributed by atoms with Gasteiger partial charge in [0.25, 0.3) is 0 Å². The van der Waals surface area contributed by atoms with Crippen LogP contribution in [-0.4, -0.2) is 17.0 Å². The summed E-state index contributed by atoms with van der Waals surface area (Å²) in [6.07, 6.45) is 0.418. The predicted octanol–water partition coefficient (Wildman–Crippen LogP) is 4.30. The summed E-state index contributed by atoms with van der Waals surface area (Å²) in [7, 11) is 0. The van der Waals surface area contributed by atoms with Gasteiger partial charge in [0.05, 0.1) is 6.10 Å². The van der Waals surface area contributed by atoms with Gasteiger partial charge in [-0.25, -0.2) is 0 Å². The Labute approximate surface area is 132 Å². The Balaban J connectivity index is 1.82. The summed E-state index contributed by atoms with van der Waals surface area (Å²) in [4.78, 5) is 1.22. The number of hydrogen-bond acceptors (Lipinski definition) is 2. The number of halogens is 1. The molecule has 0 saturated heterocycles. The SMILES string of the molecule is Cc1ccc(SCC(O)Cc2ccc(I)cc2)cc1. The molecule has 0 amide bonds. The lowest BCUT2D eigenvalue weighted by Crippen LogP contribution is -2.13. The Morgan fingerprint density at radius 3 is 2.32 bits per heavy atom. The monoisotopic (exact) mass is 384 g/mol. The average molecular weight is 384 g/mol. The molecule has 3 heteroatoms. The van der Waals surface area contributed by atoms with Crippen LogP contribution in [0.2, 0.25) is 0 Å². The van der Waals surface area contributed by atoms with E-state index >= 15 is 0 Å². The van der Waals surface area contributed by atoms with Gasteiger partial charge in [-0.2, -0.15) is 0 Å². The zero-order chi connectivity index (χ0) is 13.7. The van der Waals surface area contributed by atoms with Crippen molar-refractivity contribution < 1.29 is 5.11 Å². The molecule has 0 spiro atoms. The minimum absolute atomic E-state index is 0.300. The zero-order valence-electron chi connectivity index (χ0n) is 10.8. The lowest BCUT2D eigenvalue weighted by molar-refractivity contribution is 0.200. The average Bonchev–Trinajstić information content (AvgIpc) is 2.41. The van der Waals surface area contributed by atoms with E-state index in [1.54, 1.807) is 11.8 Å². The van der Waals surface area contributed by atoms with Crippen molar-refractivity contribution in [3.63, 3.8) is 0 Å². The van der Waals surface area contributed by atoms with E-state index in [-0.39, 0.29) is 6.10 Å². The van der Waals surface area contributed by atoms with Gasteiger partial charge < -0.3 is 5.11 Å². The van der Waals surface area contributed by atoms with Crippen molar-refractivity contribution in [3.8, 4) is 0 Å². The molecule has 0 radical (unpaired) electrons. The summed E-state index contributed by atoms with van der Waals surface area (Å²) < 4.78 is 1.23. The molecule has 0 heterocycles. The first-order valence-corrected chi connectivity index (χ1v) is 8.32. The van der Waals surface area contributed by atoms with Crippen LogP contribution in [0.4, 0.5) is 0 Å². The molecule has 0 aromatic heterocycles. The van der Waals surface area contributed by atoms with E-state index in [9.17, 15) is 5.11 Å². The van der Waals surface area contributed by atoms with Crippen LogP contribution in [0, 0.1) is 10.5 Å². The van der Waals surface area contributed by atoms with Crippen LogP contribution in [0.5, 0.6) is 0 Å². The Hall–Kier alpha value is -0.520. The number of aryl methyl sites for hydroxylation is 1.